The highest BCUT2D eigenvalue weighted by Crippen LogP contribution is 2.31. The maximum atomic E-state index is 13.6. The topological polar surface area (TPSA) is 52.0 Å². The molecule has 3 heterocycles. The van der Waals surface area contributed by atoms with E-state index in [0.717, 1.165) is 65.9 Å². The lowest BCUT2D eigenvalue weighted by Gasteiger charge is -2.24. The largest absolute Gasteiger partial charge is 0.381 e. The summed E-state index contributed by atoms with van der Waals surface area (Å²) in [4.78, 5) is 9.54. The number of hydrogen-bond donors (Lipinski definition) is 1. The SMILES string of the molecule is C=Cc1c(/C=C\C)nc(-c2cnc(NC3CCOCC3)cc2C)n1-c1ccc(F)cc1. The number of anilines is 1. The van der Waals surface area contributed by atoms with Gasteiger partial charge < -0.3 is 10.1 Å². The molecule has 1 aliphatic heterocycles. The second kappa shape index (κ2) is 9.27. The Bertz CT molecular complexity index is 1100. The smallest absolute Gasteiger partial charge is 0.147 e. The average molecular weight is 419 g/mol. The second-order valence-corrected chi connectivity index (χ2v) is 7.64. The molecule has 160 valence electrons. The van der Waals surface area contributed by atoms with Gasteiger partial charge in [0.05, 0.1) is 11.4 Å². The molecule has 0 spiro atoms. The van der Waals surface area contributed by atoms with Crippen molar-refractivity contribution in [3.05, 3.63) is 72.0 Å². The van der Waals surface area contributed by atoms with Crippen molar-refractivity contribution in [2.75, 3.05) is 18.5 Å². The standard InChI is InChI=1S/C25H27FN4O/c1-4-6-22-23(5-2)30(20-9-7-18(26)8-10-20)25(29-22)21-16-27-24(15-17(21)3)28-19-11-13-31-14-12-19/h4-10,15-16,19H,2,11-14H2,1,3H3,(H,27,28)/b6-4-. The molecular formula is C25H27FN4O. The van der Waals surface area contributed by atoms with Gasteiger partial charge in [-0.3, -0.25) is 4.57 Å². The summed E-state index contributed by atoms with van der Waals surface area (Å²) >= 11 is 0. The van der Waals surface area contributed by atoms with Crippen LogP contribution in [0.2, 0.25) is 0 Å². The van der Waals surface area contributed by atoms with Gasteiger partial charge in [-0.1, -0.05) is 12.7 Å². The summed E-state index contributed by atoms with van der Waals surface area (Å²) in [7, 11) is 0. The summed E-state index contributed by atoms with van der Waals surface area (Å²) in [5.74, 6) is 1.32. The maximum absolute atomic E-state index is 13.6. The first-order chi connectivity index (χ1) is 15.1. The molecule has 2 aromatic heterocycles. The van der Waals surface area contributed by atoms with E-state index in [1.54, 1.807) is 18.2 Å². The number of imidazole rings is 1. The molecule has 1 aliphatic rings. The second-order valence-electron chi connectivity index (χ2n) is 7.64. The molecule has 0 aliphatic carbocycles. The maximum Gasteiger partial charge on any atom is 0.147 e. The van der Waals surface area contributed by atoms with E-state index < -0.39 is 0 Å². The number of aryl methyl sites for hydroxylation is 1. The minimum absolute atomic E-state index is 0.277. The van der Waals surface area contributed by atoms with Gasteiger partial charge in [-0.15, -0.1) is 0 Å². The fourth-order valence-corrected chi connectivity index (χ4v) is 3.88. The Hall–Kier alpha value is -3.25. The molecule has 1 saturated heterocycles. The Kier molecular flexibility index (Phi) is 6.28. The Labute approximate surface area is 182 Å². The van der Waals surface area contributed by atoms with Crippen molar-refractivity contribution in [2.24, 2.45) is 0 Å². The van der Waals surface area contributed by atoms with Crippen LogP contribution in [0, 0.1) is 12.7 Å². The zero-order valence-electron chi connectivity index (χ0n) is 17.9. The molecule has 1 aromatic carbocycles. The van der Waals surface area contributed by atoms with Gasteiger partial charge in [-0.25, -0.2) is 14.4 Å². The summed E-state index contributed by atoms with van der Waals surface area (Å²) in [6, 6.07) is 8.83. The van der Waals surface area contributed by atoms with Crippen molar-refractivity contribution in [3.63, 3.8) is 0 Å². The zero-order valence-corrected chi connectivity index (χ0v) is 17.9. The Morgan fingerprint density at radius 2 is 1.97 bits per heavy atom. The van der Waals surface area contributed by atoms with Crippen molar-refractivity contribution in [1.82, 2.24) is 14.5 Å². The quantitative estimate of drug-likeness (QED) is 0.562. The number of nitrogens with zero attached hydrogens (tertiary/aromatic N) is 3. The monoisotopic (exact) mass is 418 g/mol. The number of hydrogen-bond acceptors (Lipinski definition) is 4. The number of ether oxygens (including phenoxy) is 1. The number of aromatic nitrogens is 3. The number of benzene rings is 1. The Balaban J connectivity index is 1.77. The van der Waals surface area contributed by atoms with Gasteiger partial charge in [0.15, 0.2) is 0 Å². The van der Waals surface area contributed by atoms with Crippen LogP contribution in [0.15, 0.2) is 49.2 Å². The first kappa shape index (κ1) is 21.0. The molecule has 0 atom stereocenters. The van der Waals surface area contributed by atoms with Crippen molar-refractivity contribution in [2.45, 2.75) is 32.7 Å². The van der Waals surface area contributed by atoms with E-state index in [1.165, 1.54) is 12.1 Å². The van der Waals surface area contributed by atoms with Crippen LogP contribution in [0.1, 0.15) is 36.7 Å². The summed E-state index contributed by atoms with van der Waals surface area (Å²) in [6.45, 7) is 9.55. The van der Waals surface area contributed by atoms with Crippen LogP contribution in [0.5, 0.6) is 0 Å². The fraction of sp³-hybridized carbons (Fsp3) is 0.280. The fourth-order valence-electron chi connectivity index (χ4n) is 3.88. The molecule has 31 heavy (non-hydrogen) atoms. The molecule has 4 rings (SSSR count). The number of rotatable bonds is 6. The van der Waals surface area contributed by atoms with Crippen LogP contribution in [0.25, 0.3) is 29.2 Å². The molecule has 0 saturated carbocycles. The van der Waals surface area contributed by atoms with E-state index in [4.69, 9.17) is 9.72 Å². The predicted molar refractivity (Wildman–Crippen MR) is 124 cm³/mol. The van der Waals surface area contributed by atoms with Crippen molar-refractivity contribution < 1.29 is 9.13 Å². The van der Waals surface area contributed by atoms with Gasteiger partial charge in [-0.05, 0) is 74.7 Å². The van der Waals surface area contributed by atoms with Crippen molar-refractivity contribution in [3.8, 4) is 17.1 Å². The van der Waals surface area contributed by atoms with E-state index in [1.807, 2.05) is 29.8 Å². The van der Waals surface area contributed by atoms with Crippen LogP contribution >= 0.6 is 0 Å². The first-order valence-electron chi connectivity index (χ1n) is 10.6. The third-order valence-electron chi connectivity index (χ3n) is 5.47. The normalized spacial score (nSPS) is 14.8. The third kappa shape index (κ3) is 4.44. The molecule has 1 N–H and O–H groups in total. The number of nitrogens with one attached hydrogen (secondary N) is 1. The van der Waals surface area contributed by atoms with Gasteiger partial charge >= 0.3 is 0 Å². The predicted octanol–water partition coefficient (Wildman–Crippen LogP) is 5.65. The lowest BCUT2D eigenvalue weighted by molar-refractivity contribution is 0.0904. The van der Waals surface area contributed by atoms with Crippen LogP contribution in [0.4, 0.5) is 10.2 Å². The Morgan fingerprint density at radius 3 is 2.61 bits per heavy atom. The number of halogens is 1. The number of allylic oxidation sites excluding steroid dienone is 1. The zero-order chi connectivity index (χ0) is 21.8. The highest BCUT2D eigenvalue weighted by Gasteiger charge is 2.20. The molecular weight excluding hydrogens is 391 g/mol. The van der Waals surface area contributed by atoms with Gasteiger partial charge in [0.25, 0.3) is 0 Å². The molecule has 0 radical (unpaired) electrons. The summed E-state index contributed by atoms with van der Waals surface area (Å²) in [6.07, 6.45) is 9.48. The van der Waals surface area contributed by atoms with Crippen molar-refractivity contribution in [1.29, 1.82) is 0 Å². The molecule has 0 unspecified atom stereocenters. The van der Waals surface area contributed by atoms with Gasteiger partial charge in [-0.2, -0.15) is 0 Å². The third-order valence-corrected chi connectivity index (χ3v) is 5.47. The summed E-state index contributed by atoms with van der Waals surface area (Å²) in [5.41, 5.74) is 4.45. The van der Waals surface area contributed by atoms with E-state index in [-0.39, 0.29) is 5.82 Å². The van der Waals surface area contributed by atoms with Crippen LogP contribution < -0.4 is 5.32 Å². The summed E-state index contributed by atoms with van der Waals surface area (Å²) < 4.78 is 21.0. The molecule has 1 fully saturated rings. The van der Waals surface area contributed by atoms with Gasteiger partial charge in [0, 0.05) is 36.7 Å². The van der Waals surface area contributed by atoms with E-state index in [0.29, 0.717) is 6.04 Å². The van der Waals surface area contributed by atoms with E-state index in [9.17, 15) is 4.39 Å². The van der Waals surface area contributed by atoms with Gasteiger partial charge in [0.2, 0.25) is 0 Å². The molecule has 3 aromatic rings. The summed E-state index contributed by atoms with van der Waals surface area (Å²) in [5, 5.41) is 3.51. The average Bonchev–Trinajstić information content (AvgIpc) is 3.13. The van der Waals surface area contributed by atoms with Crippen molar-refractivity contribution >= 4 is 18.0 Å². The lowest BCUT2D eigenvalue weighted by atomic mass is 10.1. The molecule has 6 heteroatoms. The first-order valence-corrected chi connectivity index (χ1v) is 10.6. The minimum Gasteiger partial charge on any atom is -0.381 e. The van der Waals surface area contributed by atoms with E-state index >= 15 is 0 Å². The number of pyridine rings is 1. The molecule has 0 amide bonds. The van der Waals surface area contributed by atoms with E-state index in [2.05, 4.69) is 29.9 Å². The highest BCUT2D eigenvalue weighted by molar-refractivity contribution is 5.72. The lowest BCUT2D eigenvalue weighted by Crippen LogP contribution is -2.28. The Morgan fingerprint density at radius 1 is 1.23 bits per heavy atom. The van der Waals surface area contributed by atoms with Crippen LogP contribution in [-0.2, 0) is 4.74 Å². The molecule has 5 nitrogen and oxygen atoms in total. The molecule has 0 bridgehead atoms. The minimum atomic E-state index is -0.277. The highest BCUT2D eigenvalue weighted by atomic mass is 19.1. The van der Waals surface area contributed by atoms with Crippen LogP contribution in [0.3, 0.4) is 0 Å². The van der Waals surface area contributed by atoms with Crippen LogP contribution in [-0.4, -0.2) is 33.8 Å². The van der Waals surface area contributed by atoms with Gasteiger partial charge in [0.1, 0.15) is 17.5 Å².